The van der Waals surface area contributed by atoms with E-state index in [1.54, 1.807) is 35.3 Å². The fourth-order valence-corrected chi connectivity index (χ4v) is 3.32. The van der Waals surface area contributed by atoms with Gasteiger partial charge in [0.2, 0.25) is 0 Å². The molecule has 0 amide bonds. The van der Waals surface area contributed by atoms with Crippen molar-refractivity contribution in [3.63, 3.8) is 0 Å². The molecule has 0 spiro atoms. The van der Waals surface area contributed by atoms with Crippen LogP contribution in [0.4, 0.5) is 0 Å². The maximum absolute atomic E-state index is 12.9. The molecule has 5 nitrogen and oxygen atoms in total. The molecule has 4 rings (SSSR count). The van der Waals surface area contributed by atoms with Gasteiger partial charge in [-0.15, -0.1) is 0 Å². The molecule has 1 aliphatic rings. The largest absolute Gasteiger partial charge is 0.317 e. The Balaban J connectivity index is 1.82. The Kier molecular flexibility index (Phi) is 3.63. The zero-order valence-electron chi connectivity index (χ0n) is 12.8. The number of carbonyl (C=O) groups excluding carboxylic acids is 1. The Hall–Kier alpha value is -2.53. The highest BCUT2D eigenvalue weighted by Gasteiger charge is 2.23. The molecule has 1 fully saturated rings. The summed E-state index contributed by atoms with van der Waals surface area (Å²) in [5, 5.41) is 3.39. The Morgan fingerprint density at radius 1 is 1.13 bits per heavy atom. The van der Waals surface area contributed by atoms with E-state index < -0.39 is 0 Å². The number of piperidine rings is 1. The van der Waals surface area contributed by atoms with Gasteiger partial charge in [0.15, 0.2) is 0 Å². The predicted molar refractivity (Wildman–Crippen MR) is 88.5 cm³/mol. The number of carbonyl (C=O) groups is 1. The van der Waals surface area contributed by atoms with Crippen LogP contribution in [-0.4, -0.2) is 33.5 Å². The van der Waals surface area contributed by atoms with Crippen molar-refractivity contribution >= 4 is 16.9 Å². The Labute approximate surface area is 134 Å². The van der Waals surface area contributed by atoms with Gasteiger partial charge in [0.1, 0.15) is 0 Å². The summed E-state index contributed by atoms with van der Waals surface area (Å²) in [6.07, 6.45) is 9.23. The van der Waals surface area contributed by atoms with E-state index in [-0.39, 0.29) is 5.91 Å². The van der Waals surface area contributed by atoms with E-state index in [9.17, 15) is 4.79 Å². The van der Waals surface area contributed by atoms with Gasteiger partial charge in [0, 0.05) is 30.4 Å². The molecule has 0 atom stereocenters. The topological polar surface area (TPSA) is 59.8 Å². The number of pyridine rings is 2. The molecular formula is C18H18N4O. The summed E-state index contributed by atoms with van der Waals surface area (Å²) >= 11 is 0. The molecule has 4 heterocycles. The number of hydrogen-bond acceptors (Lipinski definition) is 4. The molecule has 0 bridgehead atoms. The average Bonchev–Trinajstić information content (AvgIpc) is 3.02. The van der Waals surface area contributed by atoms with Crippen LogP contribution in [0.25, 0.3) is 11.0 Å². The van der Waals surface area contributed by atoms with Crippen molar-refractivity contribution in [3.8, 4) is 0 Å². The van der Waals surface area contributed by atoms with Crippen molar-refractivity contribution in [1.29, 1.82) is 0 Å². The van der Waals surface area contributed by atoms with Gasteiger partial charge >= 0.3 is 0 Å². The predicted octanol–water partition coefficient (Wildman–Crippen LogP) is 2.59. The number of nitrogens with zero attached hydrogens (tertiary/aromatic N) is 3. The van der Waals surface area contributed by atoms with Crippen molar-refractivity contribution in [2.24, 2.45) is 0 Å². The minimum Gasteiger partial charge on any atom is -0.317 e. The number of fused-ring (bicyclic) bond motifs is 1. The van der Waals surface area contributed by atoms with Crippen LogP contribution in [0.15, 0.2) is 49.1 Å². The molecule has 1 aliphatic heterocycles. The van der Waals surface area contributed by atoms with Crippen LogP contribution in [0, 0.1) is 0 Å². The number of nitrogens with one attached hydrogen (secondary N) is 1. The van der Waals surface area contributed by atoms with E-state index in [2.05, 4.69) is 15.3 Å². The monoisotopic (exact) mass is 306 g/mol. The zero-order chi connectivity index (χ0) is 15.6. The Morgan fingerprint density at radius 3 is 2.70 bits per heavy atom. The van der Waals surface area contributed by atoms with E-state index in [1.807, 2.05) is 18.3 Å². The minimum absolute atomic E-state index is 0.0365. The highest BCUT2D eigenvalue weighted by atomic mass is 16.2. The van der Waals surface area contributed by atoms with Gasteiger partial charge in [-0.25, -0.2) is 0 Å². The van der Waals surface area contributed by atoms with E-state index in [0.717, 1.165) is 37.0 Å². The summed E-state index contributed by atoms with van der Waals surface area (Å²) in [4.78, 5) is 21.4. The van der Waals surface area contributed by atoms with Gasteiger partial charge in [-0.2, -0.15) is 0 Å². The lowest BCUT2D eigenvalue weighted by atomic mass is 9.91. The van der Waals surface area contributed by atoms with Gasteiger partial charge in [-0.05, 0) is 61.7 Å². The molecule has 0 saturated carbocycles. The van der Waals surface area contributed by atoms with Crippen molar-refractivity contribution in [3.05, 3.63) is 60.2 Å². The van der Waals surface area contributed by atoms with Crippen molar-refractivity contribution < 1.29 is 4.79 Å². The summed E-state index contributed by atoms with van der Waals surface area (Å²) in [6, 6.07) is 7.33. The van der Waals surface area contributed by atoms with E-state index in [1.165, 1.54) is 5.56 Å². The quantitative estimate of drug-likeness (QED) is 0.790. The lowest BCUT2D eigenvalue weighted by molar-refractivity contribution is 0.0964. The first-order valence-electron chi connectivity index (χ1n) is 7.96. The minimum atomic E-state index is -0.0365. The van der Waals surface area contributed by atoms with Crippen LogP contribution < -0.4 is 5.32 Å². The van der Waals surface area contributed by atoms with Gasteiger partial charge < -0.3 is 5.32 Å². The summed E-state index contributed by atoms with van der Waals surface area (Å²) in [6.45, 7) is 2.03. The summed E-state index contributed by atoms with van der Waals surface area (Å²) in [7, 11) is 0. The second-order valence-corrected chi connectivity index (χ2v) is 5.89. The van der Waals surface area contributed by atoms with E-state index >= 15 is 0 Å². The molecule has 0 aromatic carbocycles. The van der Waals surface area contributed by atoms with Crippen molar-refractivity contribution in [1.82, 2.24) is 19.9 Å². The highest BCUT2D eigenvalue weighted by molar-refractivity contribution is 6.02. The Bertz CT molecular complexity index is 835. The molecular weight excluding hydrogens is 288 g/mol. The molecule has 1 saturated heterocycles. The molecule has 0 unspecified atom stereocenters. The Morgan fingerprint density at radius 2 is 1.91 bits per heavy atom. The second kappa shape index (κ2) is 5.93. The first kappa shape index (κ1) is 14.1. The number of rotatable bonds is 2. The fourth-order valence-electron chi connectivity index (χ4n) is 3.32. The van der Waals surface area contributed by atoms with Crippen molar-refractivity contribution in [2.45, 2.75) is 18.8 Å². The third-order valence-corrected chi connectivity index (χ3v) is 4.51. The van der Waals surface area contributed by atoms with Crippen LogP contribution in [0.1, 0.15) is 34.7 Å². The van der Waals surface area contributed by atoms with Crippen LogP contribution >= 0.6 is 0 Å². The molecule has 1 N–H and O–H groups in total. The maximum atomic E-state index is 12.9. The molecule has 116 valence electrons. The van der Waals surface area contributed by atoms with E-state index in [4.69, 9.17) is 0 Å². The fraction of sp³-hybridized carbons (Fsp3) is 0.278. The summed E-state index contributed by atoms with van der Waals surface area (Å²) in [5.41, 5.74) is 3.65. The van der Waals surface area contributed by atoms with Crippen LogP contribution in [0.3, 0.4) is 0 Å². The molecule has 3 aromatic rings. The van der Waals surface area contributed by atoms with Gasteiger partial charge in [0.25, 0.3) is 5.91 Å². The molecule has 5 heteroatoms. The average molecular weight is 306 g/mol. The lowest BCUT2D eigenvalue weighted by Gasteiger charge is -2.21. The number of hydrogen-bond donors (Lipinski definition) is 1. The zero-order valence-corrected chi connectivity index (χ0v) is 12.8. The maximum Gasteiger partial charge on any atom is 0.262 e. The van der Waals surface area contributed by atoms with Gasteiger partial charge in [0.05, 0.1) is 11.0 Å². The summed E-state index contributed by atoms with van der Waals surface area (Å²) < 4.78 is 1.73. The smallest absolute Gasteiger partial charge is 0.262 e. The first-order valence-corrected chi connectivity index (χ1v) is 7.96. The third-order valence-electron chi connectivity index (χ3n) is 4.51. The SMILES string of the molecule is O=C(c1ccncc1)n1cc(C2CCNCC2)c2ncccc21. The molecule has 3 aromatic heterocycles. The molecule has 0 aliphatic carbocycles. The number of aromatic nitrogens is 3. The molecule has 23 heavy (non-hydrogen) atoms. The molecule has 0 radical (unpaired) electrons. The van der Waals surface area contributed by atoms with Crippen molar-refractivity contribution in [2.75, 3.05) is 13.1 Å². The lowest BCUT2D eigenvalue weighted by Crippen LogP contribution is -2.26. The third kappa shape index (κ3) is 2.53. The van der Waals surface area contributed by atoms with Crippen LogP contribution in [0.5, 0.6) is 0 Å². The van der Waals surface area contributed by atoms with Gasteiger partial charge in [-0.3, -0.25) is 19.3 Å². The standard InChI is InChI=1S/C18H18N4O/c23-18(14-5-10-20-11-6-14)22-12-15(13-3-8-19-9-4-13)17-16(22)2-1-7-21-17/h1-2,5-7,10-13,19H,3-4,8-9H2. The normalized spacial score (nSPS) is 15.8. The van der Waals surface area contributed by atoms with E-state index in [0.29, 0.717) is 11.5 Å². The highest BCUT2D eigenvalue weighted by Crippen LogP contribution is 2.32. The summed E-state index contributed by atoms with van der Waals surface area (Å²) in [5.74, 6) is 0.422. The van der Waals surface area contributed by atoms with Crippen LogP contribution in [-0.2, 0) is 0 Å². The van der Waals surface area contributed by atoms with Gasteiger partial charge in [-0.1, -0.05) is 0 Å². The van der Waals surface area contributed by atoms with Crippen LogP contribution in [0.2, 0.25) is 0 Å². The first-order chi connectivity index (χ1) is 11.3. The second-order valence-electron chi connectivity index (χ2n) is 5.89.